The maximum atomic E-state index is 12.7. The summed E-state index contributed by atoms with van der Waals surface area (Å²) in [4.78, 5) is 14.2. The highest BCUT2D eigenvalue weighted by atomic mass is 32.5. The molecule has 0 atom stereocenters. The lowest BCUT2D eigenvalue weighted by Gasteiger charge is -2.36. The Bertz CT molecular complexity index is 779. The second kappa shape index (κ2) is 8.50. The van der Waals surface area contributed by atoms with E-state index in [-0.39, 0.29) is 11.6 Å². The molecule has 2 aliphatic rings. The third-order valence-corrected chi connectivity index (χ3v) is 9.44. The molecule has 7 nitrogen and oxygen atoms in total. The Morgan fingerprint density at radius 2 is 2.00 bits per heavy atom. The number of amides is 1. The van der Waals surface area contributed by atoms with Crippen LogP contribution in [0.2, 0.25) is 0 Å². The fourth-order valence-electron chi connectivity index (χ4n) is 3.07. The van der Waals surface area contributed by atoms with Gasteiger partial charge in [0.05, 0.1) is 18.9 Å². The number of fused-ring (bicyclic) bond motifs is 1. The zero-order chi connectivity index (χ0) is 20.5. The van der Waals surface area contributed by atoms with E-state index in [1.54, 1.807) is 11.1 Å². The highest BCUT2D eigenvalue weighted by Crippen LogP contribution is 2.59. The number of benzene rings is 1. The molecule has 0 aromatic heterocycles. The second-order valence-electron chi connectivity index (χ2n) is 7.67. The van der Waals surface area contributed by atoms with Crippen LogP contribution in [-0.4, -0.2) is 42.1 Å². The van der Waals surface area contributed by atoms with Crippen LogP contribution in [0.3, 0.4) is 0 Å². The molecule has 10 heteroatoms. The number of anilines is 1. The Balaban J connectivity index is 1.70. The first-order valence-electron chi connectivity index (χ1n) is 9.25. The first kappa shape index (κ1) is 21.9. The summed E-state index contributed by atoms with van der Waals surface area (Å²) in [6, 6.07) is 5.77. The molecule has 0 saturated carbocycles. The minimum absolute atomic E-state index is 0.0165. The van der Waals surface area contributed by atoms with Crippen molar-refractivity contribution in [3.63, 3.8) is 0 Å². The molecular weight excluding hydrogens is 419 g/mol. The van der Waals surface area contributed by atoms with Gasteiger partial charge in [0, 0.05) is 25.1 Å². The fourth-order valence-corrected chi connectivity index (χ4v) is 7.05. The molecule has 1 aromatic carbocycles. The van der Waals surface area contributed by atoms with Crippen molar-refractivity contribution in [1.82, 2.24) is 4.08 Å². The van der Waals surface area contributed by atoms with Gasteiger partial charge in [0.15, 0.2) is 12.2 Å². The van der Waals surface area contributed by atoms with Crippen LogP contribution < -0.4 is 9.64 Å². The SMILES string of the molecule is CC(C)N(SOC(=O)N(C)c1cccc2c1OC(C)(C)C2)P1(=S)OCCCO1. The first-order chi connectivity index (χ1) is 13.1. The van der Waals surface area contributed by atoms with Gasteiger partial charge in [-0.25, -0.2) is 4.79 Å². The normalized spacial score (nSPS) is 20.0. The van der Waals surface area contributed by atoms with E-state index in [0.717, 1.165) is 36.4 Å². The molecule has 0 aliphatic carbocycles. The van der Waals surface area contributed by atoms with E-state index in [1.807, 2.05) is 45.9 Å². The van der Waals surface area contributed by atoms with Crippen molar-refractivity contribution in [2.75, 3.05) is 25.2 Å². The van der Waals surface area contributed by atoms with E-state index in [2.05, 4.69) is 0 Å². The Kier molecular flexibility index (Phi) is 6.64. The molecule has 0 N–H and O–H groups in total. The number of hydrogen-bond donors (Lipinski definition) is 0. The van der Waals surface area contributed by atoms with Gasteiger partial charge in [0.1, 0.15) is 11.4 Å². The van der Waals surface area contributed by atoms with Crippen LogP contribution in [0.15, 0.2) is 18.2 Å². The highest BCUT2D eigenvalue weighted by molar-refractivity contribution is 8.14. The van der Waals surface area contributed by atoms with Crippen LogP contribution in [-0.2, 0) is 31.5 Å². The largest absolute Gasteiger partial charge is 0.485 e. The predicted molar refractivity (Wildman–Crippen MR) is 115 cm³/mol. The van der Waals surface area contributed by atoms with Crippen LogP contribution in [0.4, 0.5) is 10.5 Å². The Hall–Kier alpha value is -0.830. The van der Waals surface area contributed by atoms with Gasteiger partial charge in [-0.3, -0.25) is 4.90 Å². The zero-order valence-corrected chi connectivity index (χ0v) is 19.4. The summed E-state index contributed by atoms with van der Waals surface area (Å²) in [5, 5.41) is 0. The van der Waals surface area contributed by atoms with Crippen LogP contribution in [0.25, 0.3) is 0 Å². The molecular formula is C18H27N2O5PS2. The van der Waals surface area contributed by atoms with E-state index in [1.165, 1.54) is 4.90 Å². The standard InChI is InChI=1S/C18H27N2O5PS2/c1-13(2)20(26(27)22-10-7-11-23-26)28-25-17(21)19(5)15-9-6-8-14-12-18(3,4)24-16(14)15/h6,8-9,13H,7,10-12H2,1-5H3. The molecule has 1 aromatic rings. The molecule has 2 heterocycles. The number of rotatable bonds is 5. The molecule has 1 saturated heterocycles. The number of ether oxygens (including phenoxy) is 1. The van der Waals surface area contributed by atoms with Gasteiger partial charge < -0.3 is 18.0 Å². The molecule has 0 unspecified atom stereocenters. The smallest absolute Gasteiger partial charge is 0.427 e. The minimum atomic E-state index is -2.66. The second-order valence-corrected chi connectivity index (χ2v) is 11.9. The lowest BCUT2D eigenvalue weighted by molar-refractivity contribution is 0.138. The van der Waals surface area contributed by atoms with Gasteiger partial charge in [-0.2, -0.15) is 0 Å². The van der Waals surface area contributed by atoms with Crippen molar-refractivity contribution in [1.29, 1.82) is 0 Å². The highest BCUT2D eigenvalue weighted by Gasteiger charge is 2.37. The Morgan fingerprint density at radius 1 is 1.32 bits per heavy atom. The van der Waals surface area contributed by atoms with Gasteiger partial charge in [-0.15, -0.1) is 4.08 Å². The van der Waals surface area contributed by atoms with Crippen LogP contribution >= 0.6 is 18.9 Å². The maximum Gasteiger partial charge on any atom is 0.427 e. The summed E-state index contributed by atoms with van der Waals surface area (Å²) in [5.41, 5.74) is 1.47. The average Bonchev–Trinajstić information content (AvgIpc) is 2.94. The summed E-state index contributed by atoms with van der Waals surface area (Å²) in [5.74, 6) is 0.726. The summed E-state index contributed by atoms with van der Waals surface area (Å²) in [7, 11) is 1.67. The third-order valence-electron chi connectivity index (χ3n) is 4.37. The van der Waals surface area contributed by atoms with Crippen molar-refractivity contribution < 1.29 is 22.8 Å². The lowest BCUT2D eigenvalue weighted by Crippen LogP contribution is -2.30. The van der Waals surface area contributed by atoms with Crippen LogP contribution in [0.1, 0.15) is 39.7 Å². The average molecular weight is 447 g/mol. The summed E-state index contributed by atoms with van der Waals surface area (Å²) in [6.07, 6.45) is 1.09. The summed E-state index contributed by atoms with van der Waals surface area (Å²) in [6.45, 7) is 6.42. The van der Waals surface area contributed by atoms with Gasteiger partial charge in [-0.05, 0) is 52.0 Å². The minimum Gasteiger partial charge on any atom is -0.485 e. The van der Waals surface area contributed by atoms with E-state index < -0.39 is 12.7 Å². The molecule has 156 valence electrons. The molecule has 0 bridgehead atoms. The molecule has 1 amide bonds. The predicted octanol–water partition coefficient (Wildman–Crippen LogP) is 4.91. The molecule has 0 spiro atoms. The summed E-state index contributed by atoms with van der Waals surface area (Å²) >= 11 is 6.50. The fraction of sp³-hybridized carbons (Fsp3) is 0.611. The van der Waals surface area contributed by atoms with E-state index in [0.29, 0.717) is 18.9 Å². The van der Waals surface area contributed by atoms with Crippen molar-refractivity contribution in [2.24, 2.45) is 0 Å². The van der Waals surface area contributed by atoms with Crippen LogP contribution in [0, 0.1) is 0 Å². The van der Waals surface area contributed by atoms with E-state index in [9.17, 15) is 4.79 Å². The van der Waals surface area contributed by atoms with Gasteiger partial charge in [-0.1, -0.05) is 12.1 Å². The lowest BCUT2D eigenvalue weighted by atomic mass is 10.0. The van der Waals surface area contributed by atoms with Crippen molar-refractivity contribution in [3.05, 3.63) is 23.8 Å². The number of para-hydroxylation sites is 1. The van der Waals surface area contributed by atoms with Crippen molar-refractivity contribution in [2.45, 2.75) is 52.2 Å². The van der Waals surface area contributed by atoms with Gasteiger partial charge in [0.25, 0.3) is 6.64 Å². The van der Waals surface area contributed by atoms with E-state index in [4.69, 9.17) is 29.8 Å². The van der Waals surface area contributed by atoms with E-state index >= 15 is 0 Å². The molecule has 28 heavy (non-hydrogen) atoms. The summed E-state index contributed by atoms with van der Waals surface area (Å²) < 4.78 is 24.7. The topological polar surface area (TPSA) is 60.5 Å². The molecule has 0 radical (unpaired) electrons. The first-order valence-corrected chi connectivity index (χ1v) is 12.5. The molecule has 3 rings (SSSR count). The molecule has 1 fully saturated rings. The zero-order valence-electron chi connectivity index (χ0n) is 16.8. The van der Waals surface area contributed by atoms with Crippen molar-refractivity contribution >= 4 is 42.5 Å². The van der Waals surface area contributed by atoms with Crippen molar-refractivity contribution in [3.8, 4) is 5.75 Å². The Labute approximate surface area is 176 Å². The monoisotopic (exact) mass is 446 g/mol. The number of nitrogens with zero attached hydrogens (tertiary/aromatic N) is 2. The van der Waals surface area contributed by atoms with Gasteiger partial charge in [0.2, 0.25) is 0 Å². The number of carbonyl (C=O) groups is 1. The number of carbonyl (C=O) groups excluding carboxylic acids is 1. The quantitative estimate of drug-likeness (QED) is 0.359. The number of hydrogen-bond acceptors (Lipinski definition) is 7. The third kappa shape index (κ3) is 4.66. The Morgan fingerprint density at radius 3 is 2.64 bits per heavy atom. The maximum absolute atomic E-state index is 12.7. The van der Waals surface area contributed by atoms with Gasteiger partial charge >= 0.3 is 6.09 Å². The molecule has 2 aliphatic heterocycles. The van der Waals surface area contributed by atoms with Crippen LogP contribution in [0.5, 0.6) is 5.75 Å².